The number of hydrogen-bond donors (Lipinski definition) is 2. The van der Waals surface area contributed by atoms with Crippen LogP contribution in [0.2, 0.25) is 0 Å². The average molecular weight is 645 g/mol. The first-order valence-corrected chi connectivity index (χ1v) is 17.2. The van der Waals surface area contributed by atoms with E-state index in [1.54, 1.807) is 0 Å². The van der Waals surface area contributed by atoms with E-state index in [2.05, 4.69) is 155 Å². The molecule has 6 aromatic carbocycles. The van der Waals surface area contributed by atoms with Crippen LogP contribution in [-0.2, 0) is 12.8 Å². The van der Waals surface area contributed by atoms with Gasteiger partial charge in [-0.15, -0.1) is 0 Å². The third-order valence-electron chi connectivity index (χ3n) is 10.1. The molecule has 0 bridgehead atoms. The second-order valence-corrected chi connectivity index (χ2v) is 13.0. The van der Waals surface area contributed by atoms with E-state index in [1.165, 1.54) is 44.3 Å². The number of fused-ring (bicyclic) bond motifs is 7. The fraction of sp³-hybridized carbons (Fsp3) is 0.0652. The number of H-pyrrole nitrogens is 1. The first kappa shape index (κ1) is 29.9. The molecule has 4 nitrogen and oxygen atoms in total. The Morgan fingerprint density at radius 2 is 1.28 bits per heavy atom. The number of aryl methyl sites for hydroxylation is 1. The van der Waals surface area contributed by atoms with Crippen LogP contribution in [0.4, 0.5) is 0 Å². The molecule has 1 atom stereocenters. The summed E-state index contributed by atoms with van der Waals surface area (Å²) in [6.45, 7) is 4.02. The molecule has 1 aliphatic rings. The first-order chi connectivity index (χ1) is 24.7. The maximum Gasteiger partial charge on any atom is 0.0674 e. The predicted molar refractivity (Wildman–Crippen MR) is 210 cm³/mol. The molecular weight excluding hydrogens is 609 g/mol. The van der Waals surface area contributed by atoms with Gasteiger partial charge in [-0.05, 0) is 72.2 Å². The van der Waals surface area contributed by atoms with Gasteiger partial charge in [0.2, 0.25) is 0 Å². The van der Waals surface area contributed by atoms with Gasteiger partial charge in [-0.2, -0.15) is 0 Å². The summed E-state index contributed by atoms with van der Waals surface area (Å²) in [7, 11) is 0. The van der Waals surface area contributed by atoms with Crippen LogP contribution < -0.4 is 5.73 Å². The normalized spacial score (nSPS) is 13.3. The van der Waals surface area contributed by atoms with E-state index in [-0.39, 0.29) is 6.04 Å². The molecule has 2 heterocycles. The van der Waals surface area contributed by atoms with Crippen molar-refractivity contribution in [2.24, 2.45) is 10.7 Å². The predicted octanol–water partition coefficient (Wildman–Crippen LogP) is 11.0. The van der Waals surface area contributed by atoms with E-state index in [1.807, 2.05) is 24.3 Å². The Morgan fingerprint density at radius 3 is 1.94 bits per heavy atom. The van der Waals surface area contributed by atoms with Gasteiger partial charge in [0.15, 0.2) is 0 Å². The van der Waals surface area contributed by atoms with Crippen molar-refractivity contribution < 1.29 is 0 Å². The Morgan fingerprint density at radius 1 is 0.700 bits per heavy atom. The largest absolute Gasteiger partial charge is 0.354 e. The summed E-state index contributed by atoms with van der Waals surface area (Å²) in [5, 5.41) is 2.56. The highest BCUT2D eigenvalue weighted by Gasteiger charge is 2.30. The van der Waals surface area contributed by atoms with Crippen LogP contribution >= 0.6 is 0 Å². The number of nitrogens with one attached hydrogen (secondary N) is 1. The molecule has 0 fully saturated rings. The lowest BCUT2D eigenvalue weighted by Gasteiger charge is -2.24. The fourth-order valence-corrected chi connectivity index (χ4v) is 7.86. The topological polar surface area (TPSA) is 59.1 Å². The highest BCUT2D eigenvalue weighted by Crippen LogP contribution is 2.48. The van der Waals surface area contributed by atoms with Gasteiger partial charge in [0.05, 0.1) is 28.6 Å². The van der Waals surface area contributed by atoms with Gasteiger partial charge >= 0.3 is 0 Å². The summed E-state index contributed by atoms with van der Waals surface area (Å²) in [6.07, 6.45) is 3.91. The van der Waals surface area contributed by atoms with Gasteiger partial charge < -0.3 is 15.3 Å². The minimum atomic E-state index is -0.331. The van der Waals surface area contributed by atoms with Crippen molar-refractivity contribution in [1.82, 2.24) is 9.55 Å². The van der Waals surface area contributed by atoms with Crippen LogP contribution in [0.1, 0.15) is 28.4 Å². The van der Waals surface area contributed by atoms with Crippen molar-refractivity contribution in [3.05, 3.63) is 180 Å². The number of hydrogen-bond acceptors (Lipinski definition) is 2. The summed E-state index contributed by atoms with van der Waals surface area (Å²) >= 11 is 0. The number of aliphatic imine (C=N–C) groups is 1. The third-order valence-corrected chi connectivity index (χ3v) is 10.1. The van der Waals surface area contributed by atoms with E-state index in [0.29, 0.717) is 0 Å². The Kier molecular flexibility index (Phi) is 7.37. The Labute approximate surface area is 291 Å². The van der Waals surface area contributed by atoms with E-state index >= 15 is 0 Å². The van der Waals surface area contributed by atoms with E-state index in [0.717, 1.165) is 57.6 Å². The van der Waals surface area contributed by atoms with Crippen molar-refractivity contribution in [3.63, 3.8) is 0 Å². The number of aromatic amines is 1. The summed E-state index contributed by atoms with van der Waals surface area (Å²) in [4.78, 5) is 8.40. The van der Waals surface area contributed by atoms with E-state index < -0.39 is 0 Å². The lowest BCUT2D eigenvalue weighted by molar-refractivity contribution is 0.870. The molecular formula is C46H36N4. The van der Waals surface area contributed by atoms with Crippen LogP contribution in [0.3, 0.4) is 0 Å². The van der Waals surface area contributed by atoms with Crippen molar-refractivity contribution in [2.75, 3.05) is 0 Å². The average Bonchev–Trinajstić information content (AvgIpc) is 3.73. The Balaban J connectivity index is 1.37. The van der Waals surface area contributed by atoms with Gasteiger partial charge in [-0.1, -0.05) is 127 Å². The summed E-state index contributed by atoms with van der Waals surface area (Å²) in [5.74, 6) is 0. The molecule has 3 N–H and O–H groups in total. The zero-order chi connectivity index (χ0) is 33.6. The number of nitrogens with zero attached hydrogens (tertiary/aromatic N) is 2. The maximum absolute atomic E-state index is 6.75. The minimum Gasteiger partial charge on any atom is -0.354 e. The second-order valence-electron chi connectivity index (χ2n) is 13.0. The van der Waals surface area contributed by atoms with Gasteiger partial charge in [-0.25, -0.2) is 0 Å². The summed E-state index contributed by atoms with van der Waals surface area (Å²) in [5.41, 5.74) is 22.8. The van der Waals surface area contributed by atoms with Gasteiger partial charge in [-0.3, -0.25) is 4.99 Å². The molecule has 1 aliphatic carbocycles. The number of nitrogens with two attached hydrogens (primary N) is 1. The van der Waals surface area contributed by atoms with Crippen LogP contribution in [0.25, 0.3) is 66.7 Å². The maximum atomic E-state index is 6.75. The van der Waals surface area contributed by atoms with Crippen molar-refractivity contribution in [2.45, 2.75) is 18.9 Å². The van der Waals surface area contributed by atoms with Gasteiger partial charge in [0.25, 0.3) is 0 Å². The molecule has 0 amide bonds. The fourth-order valence-electron chi connectivity index (χ4n) is 7.86. The SMILES string of the molecule is C=N/C(=C\C(N)c1ccccc1)c1cc(-c2ccccc2)c(-n2c3c(c4ccccc42)-c2[nH]c4ccccc4c2CC3)c(-c2ccccc2)c1. The number of aromatic nitrogens is 2. The molecule has 2 aromatic heterocycles. The first-order valence-electron chi connectivity index (χ1n) is 17.2. The van der Waals surface area contributed by atoms with Gasteiger partial charge in [0, 0.05) is 44.2 Å². The third kappa shape index (κ3) is 4.92. The molecule has 9 rings (SSSR count). The Hall–Kier alpha value is -6.23. The highest BCUT2D eigenvalue weighted by atomic mass is 15.0. The Bertz CT molecular complexity index is 2490. The molecule has 1 unspecified atom stereocenters. The lowest BCUT2D eigenvalue weighted by Crippen LogP contribution is -2.10. The molecule has 0 saturated heterocycles. The molecule has 4 heteroatoms. The minimum absolute atomic E-state index is 0.331. The van der Waals surface area contributed by atoms with Crippen molar-refractivity contribution >= 4 is 34.2 Å². The number of para-hydroxylation sites is 2. The molecule has 8 aromatic rings. The monoisotopic (exact) mass is 644 g/mol. The van der Waals surface area contributed by atoms with Crippen LogP contribution in [0.15, 0.2) is 163 Å². The van der Waals surface area contributed by atoms with Crippen LogP contribution in [0.5, 0.6) is 0 Å². The number of benzene rings is 6. The van der Waals surface area contributed by atoms with Crippen molar-refractivity contribution in [3.8, 4) is 39.2 Å². The number of rotatable bonds is 7. The van der Waals surface area contributed by atoms with E-state index in [4.69, 9.17) is 5.73 Å². The van der Waals surface area contributed by atoms with Crippen LogP contribution in [-0.4, -0.2) is 16.3 Å². The summed E-state index contributed by atoms with van der Waals surface area (Å²) < 4.78 is 2.54. The van der Waals surface area contributed by atoms with Crippen molar-refractivity contribution in [1.29, 1.82) is 0 Å². The van der Waals surface area contributed by atoms with Gasteiger partial charge in [0.1, 0.15) is 0 Å². The molecule has 0 radical (unpaired) electrons. The molecule has 240 valence electrons. The highest BCUT2D eigenvalue weighted by molar-refractivity contribution is 6.05. The van der Waals surface area contributed by atoms with Crippen LogP contribution in [0, 0.1) is 0 Å². The smallest absolute Gasteiger partial charge is 0.0674 e. The zero-order valence-corrected chi connectivity index (χ0v) is 27.7. The standard InChI is InChI=1S/C46H36N4/c1-48-41(29-39(47)32-19-9-4-10-20-32)33-27-37(30-15-5-2-6-16-30)46(38(28-33)31-17-7-3-8-18-31)50-42-24-14-12-22-36(42)44-43(50)26-25-35-34-21-11-13-23-40(34)49-45(35)44/h2-24,27-29,39,49H,1,25-26,47H2/b41-29-. The van der Waals surface area contributed by atoms with E-state index in [9.17, 15) is 0 Å². The lowest BCUT2D eigenvalue weighted by atomic mass is 9.90. The zero-order valence-electron chi connectivity index (χ0n) is 27.7. The molecule has 0 spiro atoms. The molecule has 0 saturated carbocycles. The quantitative estimate of drug-likeness (QED) is 0.167. The second kappa shape index (κ2) is 12.3. The molecule has 0 aliphatic heterocycles. The molecule has 50 heavy (non-hydrogen) atoms. The summed E-state index contributed by atoms with van der Waals surface area (Å²) in [6, 6.07) is 53.3.